The van der Waals surface area contributed by atoms with Crippen LogP contribution in [0.5, 0.6) is 0 Å². The first-order chi connectivity index (χ1) is 13.4. The van der Waals surface area contributed by atoms with E-state index in [1.165, 1.54) is 36.9 Å². The van der Waals surface area contributed by atoms with Crippen molar-refractivity contribution in [1.82, 2.24) is 10.6 Å². The summed E-state index contributed by atoms with van der Waals surface area (Å²) in [6.07, 6.45) is 7.80. The van der Waals surface area contributed by atoms with Crippen LogP contribution in [0.15, 0.2) is 24.3 Å². The van der Waals surface area contributed by atoms with Gasteiger partial charge in [0.15, 0.2) is 0 Å². The van der Waals surface area contributed by atoms with Crippen LogP contribution in [-0.4, -0.2) is 37.1 Å². The van der Waals surface area contributed by atoms with Crippen molar-refractivity contribution in [3.05, 3.63) is 29.8 Å². The first kappa shape index (κ1) is 19.8. The van der Waals surface area contributed by atoms with Crippen LogP contribution in [0.3, 0.4) is 0 Å². The van der Waals surface area contributed by atoms with Crippen molar-refractivity contribution >= 4 is 11.6 Å². The van der Waals surface area contributed by atoms with Crippen LogP contribution in [-0.2, 0) is 10.2 Å². The zero-order valence-corrected chi connectivity index (χ0v) is 17.8. The molecule has 2 bridgehead atoms. The molecule has 1 amide bonds. The van der Waals surface area contributed by atoms with Gasteiger partial charge in [-0.15, -0.1) is 0 Å². The number of piperidine rings is 2. The predicted molar refractivity (Wildman–Crippen MR) is 116 cm³/mol. The number of carbonyl (C=O) groups is 1. The maximum atomic E-state index is 12.6. The number of nitrogens with one attached hydrogen (secondary N) is 2. The van der Waals surface area contributed by atoms with Gasteiger partial charge in [0.25, 0.3) is 0 Å². The highest BCUT2D eigenvalue weighted by atomic mass is 16.1. The molecule has 3 saturated heterocycles. The molecule has 154 valence electrons. The Morgan fingerprint density at radius 1 is 1.04 bits per heavy atom. The van der Waals surface area contributed by atoms with Crippen LogP contribution in [0.1, 0.15) is 71.3 Å². The Bertz CT molecular complexity index is 658. The van der Waals surface area contributed by atoms with Crippen molar-refractivity contribution in [3.8, 4) is 0 Å². The zero-order chi connectivity index (χ0) is 19.7. The van der Waals surface area contributed by atoms with Crippen molar-refractivity contribution in [2.75, 3.05) is 18.0 Å². The summed E-state index contributed by atoms with van der Waals surface area (Å²) in [7, 11) is 0. The van der Waals surface area contributed by atoms with Crippen LogP contribution in [0.25, 0.3) is 0 Å². The van der Waals surface area contributed by atoms with Crippen molar-refractivity contribution in [2.24, 2.45) is 5.92 Å². The van der Waals surface area contributed by atoms with Crippen LogP contribution in [0.4, 0.5) is 5.69 Å². The van der Waals surface area contributed by atoms with Gasteiger partial charge in [-0.2, -0.15) is 0 Å². The Balaban J connectivity index is 1.22. The minimum atomic E-state index is 0.198. The lowest BCUT2D eigenvalue weighted by molar-refractivity contribution is -0.123. The van der Waals surface area contributed by atoms with Gasteiger partial charge in [-0.3, -0.25) is 4.79 Å². The molecular weight excluding hydrogens is 346 g/mol. The topological polar surface area (TPSA) is 44.4 Å². The van der Waals surface area contributed by atoms with E-state index in [0.29, 0.717) is 24.0 Å². The molecule has 1 aromatic carbocycles. The van der Waals surface area contributed by atoms with E-state index in [0.717, 1.165) is 32.4 Å². The van der Waals surface area contributed by atoms with Gasteiger partial charge in [0.2, 0.25) is 5.91 Å². The molecule has 2 atom stereocenters. The molecule has 2 unspecified atom stereocenters. The van der Waals surface area contributed by atoms with Gasteiger partial charge < -0.3 is 15.5 Å². The van der Waals surface area contributed by atoms with Gasteiger partial charge in [-0.05, 0) is 67.6 Å². The molecule has 4 nitrogen and oxygen atoms in total. The largest absolute Gasteiger partial charge is 0.371 e. The predicted octanol–water partition coefficient (Wildman–Crippen LogP) is 3.99. The Morgan fingerprint density at radius 3 is 2.21 bits per heavy atom. The molecule has 28 heavy (non-hydrogen) atoms. The van der Waals surface area contributed by atoms with Crippen molar-refractivity contribution in [1.29, 1.82) is 0 Å². The molecule has 4 rings (SSSR count). The second-order valence-corrected chi connectivity index (χ2v) is 10.3. The fourth-order valence-electron chi connectivity index (χ4n) is 5.34. The van der Waals surface area contributed by atoms with Crippen molar-refractivity contribution < 1.29 is 4.79 Å². The fraction of sp³-hybridized carbons (Fsp3) is 0.708. The lowest BCUT2D eigenvalue weighted by Gasteiger charge is -2.35. The molecule has 0 saturated carbocycles. The maximum absolute atomic E-state index is 12.6. The molecule has 4 heteroatoms. The number of anilines is 1. The quantitative estimate of drug-likeness (QED) is 0.826. The third-order valence-electron chi connectivity index (χ3n) is 7.00. The molecule has 3 fully saturated rings. The van der Waals surface area contributed by atoms with Gasteiger partial charge in [-0.25, -0.2) is 0 Å². The summed E-state index contributed by atoms with van der Waals surface area (Å²) in [5.41, 5.74) is 2.89. The molecule has 0 radical (unpaired) electrons. The molecule has 0 spiro atoms. The van der Waals surface area contributed by atoms with E-state index in [1.807, 2.05) is 0 Å². The fourth-order valence-corrected chi connectivity index (χ4v) is 5.34. The molecule has 0 aliphatic carbocycles. The second kappa shape index (κ2) is 8.06. The van der Waals surface area contributed by atoms with Gasteiger partial charge in [0.1, 0.15) is 0 Å². The second-order valence-electron chi connectivity index (χ2n) is 10.3. The minimum Gasteiger partial charge on any atom is -0.371 e. The number of nitrogens with zero attached hydrogens (tertiary/aromatic N) is 1. The van der Waals surface area contributed by atoms with Crippen LogP contribution < -0.4 is 15.5 Å². The number of amides is 1. The first-order valence-electron chi connectivity index (χ1n) is 11.3. The minimum absolute atomic E-state index is 0.198. The van der Waals surface area contributed by atoms with Gasteiger partial charge >= 0.3 is 0 Å². The third kappa shape index (κ3) is 4.71. The molecular formula is C24H37N3O. The summed E-state index contributed by atoms with van der Waals surface area (Å²) >= 11 is 0. The standard InChI is InChI=1S/C24H37N3O/c1-24(2,3)18-4-8-22(9-5-18)27-12-10-19(11-13-27)26-23(28)16-17-14-20-6-7-21(15-17)25-20/h4-5,8-9,17,19-21,25H,6-7,10-16H2,1-3H3,(H,26,28). The van der Waals surface area contributed by atoms with E-state index in [4.69, 9.17) is 0 Å². The van der Waals surface area contributed by atoms with Crippen LogP contribution in [0, 0.1) is 5.92 Å². The summed E-state index contributed by atoms with van der Waals surface area (Å²) in [4.78, 5) is 15.0. The van der Waals surface area contributed by atoms with E-state index >= 15 is 0 Å². The number of carbonyl (C=O) groups excluding carboxylic acids is 1. The van der Waals surface area contributed by atoms with E-state index in [1.54, 1.807) is 0 Å². The summed E-state index contributed by atoms with van der Waals surface area (Å²) in [6, 6.07) is 10.7. The summed E-state index contributed by atoms with van der Waals surface area (Å²) in [5, 5.41) is 7.00. The average Bonchev–Trinajstić information content (AvgIpc) is 3.00. The Morgan fingerprint density at radius 2 is 1.64 bits per heavy atom. The Kier molecular flexibility index (Phi) is 5.69. The van der Waals surface area contributed by atoms with E-state index in [-0.39, 0.29) is 11.3 Å². The zero-order valence-electron chi connectivity index (χ0n) is 17.8. The number of fused-ring (bicyclic) bond motifs is 2. The lowest BCUT2D eigenvalue weighted by atomic mass is 9.87. The van der Waals surface area contributed by atoms with Crippen molar-refractivity contribution in [3.63, 3.8) is 0 Å². The smallest absolute Gasteiger partial charge is 0.220 e. The first-order valence-corrected chi connectivity index (χ1v) is 11.3. The van der Waals surface area contributed by atoms with Gasteiger partial charge in [0.05, 0.1) is 0 Å². The van der Waals surface area contributed by atoms with Gasteiger partial charge in [0, 0.05) is 43.3 Å². The summed E-state index contributed by atoms with van der Waals surface area (Å²) in [6.45, 7) is 8.81. The molecule has 0 aromatic heterocycles. The van der Waals surface area contributed by atoms with Gasteiger partial charge in [-0.1, -0.05) is 32.9 Å². The Labute approximate surface area is 170 Å². The molecule has 3 aliphatic rings. The number of hydrogen-bond acceptors (Lipinski definition) is 3. The highest BCUT2D eigenvalue weighted by Gasteiger charge is 2.34. The van der Waals surface area contributed by atoms with E-state index in [9.17, 15) is 4.79 Å². The SMILES string of the molecule is CC(C)(C)c1ccc(N2CCC(NC(=O)CC3CC4CCC(C3)N4)CC2)cc1. The van der Waals surface area contributed by atoms with E-state index < -0.39 is 0 Å². The molecule has 3 aliphatic heterocycles. The monoisotopic (exact) mass is 383 g/mol. The lowest BCUT2D eigenvalue weighted by Crippen LogP contribution is -2.46. The normalized spacial score (nSPS) is 28.4. The number of hydrogen-bond donors (Lipinski definition) is 2. The Hall–Kier alpha value is -1.55. The van der Waals surface area contributed by atoms with Crippen LogP contribution in [0.2, 0.25) is 0 Å². The summed E-state index contributed by atoms with van der Waals surface area (Å²) in [5.74, 6) is 0.861. The summed E-state index contributed by atoms with van der Waals surface area (Å²) < 4.78 is 0. The molecule has 3 heterocycles. The third-order valence-corrected chi connectivity index (χ3v) is 7.00. The highest BCUT2D eigenvalue weighted by molar-refractivity contribution is 5.76. The number of rotatable bonds is 4. The van der Waals surface area contributed by atoms with E-state index in [2.05, 4.69) is 60.6 Å². The highest BCUT2D eigenvalue weighted by Crippen LogP contribution is 2.32. The van der Waals surface area contributed by atoms with Crippen molar-refractivity contribution in [2.45, 2.75) is 89.3 Å². The maximum Gasteiger partial charge on any atom is 0.220 e. The van der Waals surface area contributed by atoms with Crippen LogP contribution >= 0.6 is 0 Å². The molecule has 2 N–H and O–H groups in total. The number of benzene rings is 1. The molecule has 1 aromatic rings. The average molecular weight is 384 g/mol.